The Morgan fingerprint density at radius 3 is 1.70 bits per heavy atom. The average Bonchev–Trinajstić information content (AvgIpc) is 2.23. The van der Waals surface area contributed by atoms with Crippen LogP contribution in [-0.2, 0) is 20.2 Å². The van der Waals surface area contributed by atoms with E-state index in [9.17, 15) is 16.8 Å². The van der Waals surface area contributed by atoms with Crippen LogP contribution < -0.4 is 0 Å². The Hall–Kier alpha value is 1.00. The fourth-order valence-corrected chi connectivity index (χ4v) is 2.89. The second kappa shape index (κ2) is 9.21. The topological polar surface area (TPSA) is 129 Å². The van der Waals surface area contributed by atoms with Gasteiger partial charge in [-0.25, -0.2) is 0 Å². The Kier molecular flexibility index (Phi) is 10.7. The maximum Gasteiger partial charge on any atom is 0.292 e. The normalized spacial score (nSPS) is 14.6. The van der Waals surface area contributed by atoms with Crippen LogP contribution in [0.2, 0.25) is 0 Å². The molecule has 0 aromatic heterocycles. The summed E-state index contributed by atoms with van der Waals surface area (Å²) in [6.45, 7) is 0. The van der Waals surface area contributed by atoms with Gasteiger partial charge in [0.1, 0.15) is 5.25 Å². The Morgan fingerprint density at radius 1 is 0.900 bits per heavy atom. The molecule has 104 valence electrons. The third-order valence-corrected chi connectivity index (χ3v) is 4.35. The molecule has 0 bridgehead atoms. The summed E-state index contributed by atoms with van der Waals surface area (Å²) < 4.78 is 61.3. The van der Waals surface area contributed by atoms with Crippen LogP contribution in [0.25, 0.3) is 0 Å². The molecule has 0 heterocycles. The minimum absolute atomic E-state index is 0. The quantitative estimate of drug-likeness (QED) is 0.484. The van der Waals surface area contributed by atoms with Crippen molar-refractivity contribution >= 4 is 79.4 Å². The predicted molar refractivity (Wildman–Crippen MR) is 74.4 cm³/mol. The van der Waals surface area contributed by atoms with E-state index >= 15 is 0 Å². The molecule has 11 heteroatoms. The Labute approximate surface area is 161 Å². The van der Waals surface area contributed by atoms with Gasteiger partial charge in [-0.05, 0) is 5.56 Å². The summed E-state index contributed by atoms with van der Waals surface area (Å²) >= 11 is 0. The summed E-state index contributed by atoms with van der Waals surface area (Å²) in [6.07, 6.45) is -0.859. The minimum atomic E-state index is -4.79. The molecule has 3 N–H and O–H groups in total. The molecule has 0 aliphatic carbocycles. The SMILES string of the molecule is O=S(=O)(O)C(O)CC(c1ccccc1)S(=O)(=O)O.[Na].[Na]. The first-order chi connectivity index (χ1) is 8.12. The summed E-state index contributed by atoms with van der Waals surface area (Å²) in [6, 6.07) is 7.30. The van der Waals surface area contributed by atoms with Crippen molar-refractivity contribution in [1.29, 1.82) is 0 Å². The minimum Gasteiger partial charge on any atom is -0.375 e. The molecule has 1 aromatic rings. The van der Waals surface area contributed by atoms with Crippen molar-refractivity contribution in [3.8, 4) is 0 Å². The molecule has 0 spiro atoms. The number of rotatable bonds is 5. The predicted octanol–water partition coefficient (Wildman–Crippen LogP) is -0.550. The van der Waals surface area contributed by atoms with Crippen LogP contribution in [0.1, 0.15) is 17.2 Å². The molecule has 0 aliphatic heterocycles. The number of hydrogen-bond donors (Lipinski definition) is 3. The monoisotopic (exact) mass is 342 g/mol. The summed E-state index contributed by atoms with van der Waals surface area (Å²) in [4.78, 5) is 0. The first-order valence-electron chi connectivity index (χ1n) is 4.78. The van der Waals surface area contributed by atoms with Crippen LogP contribution in [-0.4, -0.2) is 95.6 Å². The standard InChI is InChI=1S/C9H12O7S2.2Na/c10-9(18(14,15)16)6-8(17(11,12)13)7-4-2-1-3-5-7;;/h1-5,8-10H,6H2,(H,11,12,13)(H,14,15,16);;. The van der Waals surface area contributed by atoms with Crippen molar-refractivity contribution in [2.24, 2.45) is 0 Å². The fourth-order valence-electron chi connectivity index (χ4n) is 1.40. The summed E-state index contributed by atoms with van der Waals surface area (Å²) in [7, 11) is -9.40. The second-order valence-electron chi connectivity index (χ2n) is 3.62. The molecule has 2 radical (unpaired) electrons. The van der Waals surface area contributed by atoms with Crippen LogP contribution in [0.15, 0.2) is 30.3 Å². The van der Waals surface area contributed by atoms with Gasteiger partial charge in [-0.15, -0.1) is 0 Å². The molecule has 0 saturated heterocycles. The number of hydrogen-bond acceptors (Lipinski definition) is 5. The zero-order valence-electron chi connectivity index (χ0n) is 11.0. The van der Waals surface area contributed by atoms with Crippen molar-refractivity contribution in [2.45, 2.75) is 17.1 Å². The van der Waals surface area contributed by atoms with Gasteiger partial charge in [0, 0.05) is 65.5 Å². The van der Waals surface area contributed by atoms with E-state index in [0.29, 0.717) is 0 Å². The van der Waals surface area contributed by atoms with Gasteiger partial charge < -0.3 is 5.11 Å². The molecular formula is C9H12Na2O7S2. The van der Waals surface area contributed by atoms with Crippen molar-refractivity contribution in [3.05, 3.63) is 35.9 Å². The smallest absolute Gasteiger partial charge is 0.292 e. The van der Waals surface area contributed by atoms with Crippen LogP contribution >= 0.6 is 0 Å². The van der Waals surface area contributed by atoms with E-state index in [4.69, 9.17) is 14.2 Å². The van der Waals surface area contributed by atoms with E-state index in [1.165, 1.54) is 24.3 Å². The maximum absolute atomic E-state index is 11.2. The zero-order valence-corrected chi connectivity index (χ0v) is 16.7. The summed E-state index contributed by atoms with van der Waals surface area (Å²) in [5.41, 5.74) is -2.17. The number of aliphatic hydroxyl groups is 1. The van der Waals surface area contributed by atoms with Gasteiger partial charge in [-0.1, -0.05) is 30.3 Å². The molecule has 7 nitrogen and oxygen atoms in total. The first-order valence-corrected chi connectivity index (χ1v) is 7.78. The van der Waals surface area contributed by atoms with Crippen LogP contribution in [0.5, 0.6) is 0 Å². The third-order valence-electron chi connectivity index (χ3n) is 2.29. The summed E-state index contributed by atoms with van der Waals surface area (Å²) in [5.74, 6) is 0. The van der Waals surface area contributed by atoms with Gasteiger partial charge >= 0.3 is 0 Å². The largest absolute Gasteiger partial charge is 0.375 e. The molecule has 0 amide bonds. The van der Waals surface area contributed by atoms with Gasteiger partial charge in [-0.3, -0.25) is 9.11 Å². The van der Waals surface area contributed by atoms with E-state index in [1.807, 2.05) is 0 Å². The van der Waals surface area contributed by atoms with E-state index < -0.39 is 37.3 Å². The molecule has 0 aliphatic rings. The van der Waals surface area contributed by atoms with Gasteiger partial charge in [0.25, 0.3) is 20.2 Å². The van der Waals surface area contributed by atoms with E-state index in [2.05, 4.69) is 0 Å². The van der Waals surface area contributed by atoms with E-state index in [0.717, 1.165) is 0 Å². The Bertz CT molecular complexity index is 600. The Balaban J connectivity index is 0. The van der Waals surface area contributed by atoms with Crippen molar-refractivity contribution < 1.29 is 31.0 Å². The molecule has 1 rings (SSSR count). The van der Waals surface area contributed by atoms with Crippen LogP contribution in [0.3, 0.4) is 0 Å². The van der Waals surface area contributed by atoms with Crippen LogP contribution in [0, 0.1) is 0 Å². The van der Waals surface area contributed by atoms with Gasteiger partial charge in [-0.2, -0.15) is 16.8 Å². The van der Waals surface area contributed by atoms with Crippen LogP contribution in [0.4, 0.5) is 0 Å². The summed E-state index contributed by atoms with van der Waals surface area (Å²) in [5, 5.41) is 7.54. The maximum atomic E-state index is 11.2. The van der Waals surface area contributed by atoms with Gasteiger partial charge in [0.2, 0.25) is 0 Å². The average molecular weight is 342 g/mol. The van der Waals surface area contributed by atoms with Crippen molar-refractivity contribution in [3.63, 3.8) is 0 Å². The third kappa shape index (κ3) is 7.32. The molecule has 2 unspecified atom stereocenters. The molecular weight excluding hydrogens is 330 g/mol. The molecule has 1 aromatic carbocycles. The Morgan fingerprint density at radius 2 is 1.35 bits per heavy atom. The van der Waals surface area contributed by atoms with Gasteiger partial charge in [0.05, 0.1) is 0 Å². The van der Waals surface area contributed by atoms with E-state index in [1.54, 1.807) is 6.07 Å². The number of aliphatic hydroxyl groups excluding tert-OH is 1. The van der Waals surface area contributed by atoms with Gasteiger partial charge in [0.15, 0.2) is 5.44 Å². The zero-order chi connectivity index (χ0) is 14.0. The molecule has 20 heavy (non-hydrogen) atoms. The molecule has 0 saturated carbocycles. The molecule has 0 fully saturated rings. The first kappa shape index (κ1) is 23.3. The van der Waals surface area contributed by atoms with Crippen molar-refractivity contribution in [1.82, 2.24) is 0 Å². The molecule has 2 atom stereocenters. The van der Waals surface area contributed by atoms with Crippen molar-refractivity contribution in [2.75, 3.05) is 0 Å². The number of benzene rings is 1. The fraction of sp³-hybridized carbons (Fsp3) is 0.333. The second-order valence-corrected chi connectivity index (χ2v) is 6.79. The van der Waals surface area contributed by atoms with E-state index in [-0.39, 0.29) is 64.7 Å².